The third kappa shape index (κ3) is 4.19. The van der Waals surface area contributed by atoms with Crippen LogP contribution in [0.15, 0.2) is 47.5 Å². The van der Waals surface area contributed by atoms with E-state index in [-0.39, 0.29) is 40.5 Å². The number of thioether (sulfide) groups is 1. The van der Waals surface area contributed by atoms with Gasteiger partial charge in [-0.2, -0.15) is 4.40 Å². The Labute approximate surface area is 230 Å². The smallest absolute Gasteiger partial charge is 0.352 e. The highest BCUT2D eigenvalue weighted by molar-refractivity contribution is 9.08. The number of carboxylic acid groups (broad SMARTS) is 1. The Hall–Kier alpha value is -1.66. The third-order valence-electron chi connectivity index (χ3n) is 6.74. The van der Waals surface area contributed by atoms with Crippen LogP contribution in [0.5, 0.6) is 0 Å². The van der Waals surface area contributed by atoms with Gasteiger partial charge < -0.3 is 32.1 Å². The number of carbonyl (C=O) groups is 2. The molecule has 1 saturated heterocycles. The maximum absolute atomic E-state index is 12.7. The molecular weight excluding hydrogens is 618 g/mol. The molecule has 1 fully saturated rings. The summed E-state index contributed by atoms with van der Waals surface area (Å²) < 4.78 is 4.25. The number of thiazole rings is 1. The molecule has 186 valence electrons. The Morgan fingerprint density at radius 2 is 2.06 bits per heavy atom. The van der Waals surface area contributed by atoms with Crippen LogP contribution in [0, 0.1) is 11.8 Å². The van der Waals surface area contributed by atoms with E-state index in [1.54, 1.807) is 30.0 Å². The zero-order valence-corrected chi connectivity index (χ0v) is 24.1. The van der Waals surface area contributed by atoms with Crippen LogP contribution in [0.4, 0.5) is 0 Å². The van der Waals surface area contributed by atoms with Crippen molar-refractivity contribution in [1.29, 1.82) is 0 Å². The van der Waals surface area contributed by atoms with E-state index in [0.717, 1.165) is 26.6 Å². The predicted octanol–water partition coefficient (Wildman–Crippen LogP) is 0.611. The number of aromatic nitrogens is 2. The Balaban J connectivity index is 0.00000289. The van der Waals surface area contributed by atoms with Gasteiger partial charge in [0.15, 0.2) is 0 Å². The highest BCUT2D eigenvalue weighted by Gasteiger charge is 2.60. The first-order valence-corrected chi connectivity index (χ1v) is 14.1. The Bertz CT molecular complexity index is 1350. The van der Waals surface area contributed by atoms with Crippen molar-refractivity contribution < 1.29 is 41.2 Å². The summed E-state index contributed by atoms with van der Waals surface area (Å²) in [5.41, 5.74) is 3.16. The van der Waals surface area contributed by atoms with E-state index in [1.807, 2.05) is 30.1 Å². The van der Waals surface area contributed by atoms with Crippen molar-refractivity contribution in [3.8, 4) is 0 Å². The van der Waals surface area contributed by atoms with Gasteiger partial charge in [0, 0.05) is 16.8 Å². The number of aliphatic hydroxyl groups is 1. The number of alkyl halides is 1. The minimum atomic E-state index is -1.10. The largest absolute Gasteiger partial charge is 1.00 e. The van der Waals surface area contributed by atoms with E-state index in [1.165, 1.54) is 16.0 Å². The number of hydrogen-bond acceptors (Lipinski definition) is 5. The van der Waals surface area contributed by atoms with Crippen molar-refractivity contribution in [3.05, 3.63) is 58.5 Å². The molecule has 7 nitrogen and oxygen atoms in total. The normalized spacial score (nSPS) is 22.3. The second-order valence-corrected chi connectivity index (χ2v) is 11.2. The molecule has 0 saturated carbocycles. The molecule has 2 aromatic heterocycles. The summed E-state index contributed by atoms with van der Waals surface area (Å²) in [4.78, 5) is 28.1. The highest BCUT2D eigenvalue weighted by atomic mass is 79.9. The quantitative estimate of drug-likeness (QED) is 0.171. The van der Waals surface area contributed by atoms with Gasteiger partial charge in [0.1, 0.15) is 18.4 Å². The molecule has 0 spiro atoms. The molecule has 4 atom stereocenters. The SMILES string of the molecule is CSc1c2sc(C3=C(C(=O)O)N4C(=O)[C@H]([C@@H](C)O)[C@@H]4[C@H]3C)c[n+]2cn1Cc1cccc(CBr)c1.[Br-]. The molecule has 3 aromatic rings. The number of β-lactam (4-membered cyclic amide) rings is 1. The molecule has 2 aliphatic heterocycles. The molecule has 2 aliphatic rings. The third-order valence-corrected chi connectivity index (χ3v) is 9.47. The van der Waals surface area contributed by atoms with Crippen molar-refractivity contribution in [2.75, 3.05) is 6.26 Å². The van der Waals surface area contributed by atoms with Crippen molar-refractivity contribution in [1.82, 2.24) is 9.47 Å². The molecule has 35 heavy (non-hydrogen) atoms. The minimum Gasteiger partial charge on any atom is -1.00 e. The number of aliphatic hydroxyl groups excluding tert-OH is 1. The second kappa shape index (κ2) is 10.0. The Morgan fingerprint density at radius 3 is 2.69 bits per heavy atom. The zero-order chi connectivity index (χ0) is 24.3. The number of rotatable bonds is 7. The number of amides is 1. The average molecular weight is 643 g/mol. The summed E-state index contributed by atoms with van der Waals surface area (Å²) in [7, 11) is 0. The summed E-state index contributed by atoms with van der Waals surface area (Å²) in [5, 5.41) is 22.0. The van der Waals surface area contributed by atoms with Crippen molar-refractivity contribution >= 4 is 61.3 Å². The zero-order valence-electron chi connectivity index (χ0n) is 19.3. The number of benzene rings is 1. The van der Waals surface area contributed by atoms with Gasteiger partial charge in [-0.1, -0.05) is 70.2 Å². The minimum absolute atomic E-state index is 0. The molecular formula is C24H25Br2N3O4S2. The van der Waals surface area contributed by atoms with Crippen molar-refractivity contribution in [3.63, 3.8) is 0 Å². The van der Waals surface area contributed by atoms with Gasteiger partial charge in [-0.15, -0.1) is 0 Å². The molecule has 2 N–H and O–H groups in total. The van der Waals surface area contributed by atoms with Crippen LogP contribution in [-0.2, 0) is 21.5 Å². The lowest BCUT2D eigenvalue weighted by Crippen LogP contribution is -3.00. The monoisotopic (exact) mass is 641 g/mol. The number of aliphatic carboxylic acids is 1. The summed E-state index contributed by atoms with van der Waals surface area (Å²) in [6, 6.07) is 8.14. The fourth-order valence-corrected chi connectivity index (χ4v) is 7.80. The molecule has 0 aliphatic carbocycles. The molecule has 0 bridgehead atoms. The highest BCUT2D eigenvalue weighted by Crippen LogP contribution is 2.51. The van der Waals surface area contributed by atoms with Crippen LogP contribution in [0.25, 0.3) is 10.4 Å². The fourth-order valence-electron chi connectivity index (χ4n) is 5.28. The summed E-state index contributed by atoms with van der Waals surface area (Å²) in [5.74, 6) is -2.15. The maximum Gasteiger partial charge on any atom is 0.352 e. The molecule has 5 rings (SSSR count). The molecule has 11 heteroatoms. The van der Waals surface area contributed by atoms with E-state index >= 15 is 0 Å². The van der Waals surface area contributed by atoms with Gasteiger partial charge in [0.25, 0.3) is 6.33 Å². The standard InChI is InChI=1S/C24H24BrN3O4S2.BrH/c1-12-17(20(24(31)32)28-19(12)18(13(2)29)21(28)30)16-10-27-11-26(22(33-3)23(27)34-16)9-15-6-4-5-14(7-15)8-25;/h4-7,10-13,18-19,29H,8-9H2,1-3H3;1H/t12-,13+,18+,19-;/m0./s1. The van der Waals surface area contributed by atoms with Gasteiger partial charge in [-0.05, 0) is 24.3 Å². The number of fused-ring (bicyclic) bond motifs is 2. The van der Waals surface area contributed by atoms with E-state index in [9.17, 15) is 19.8 Å². The van der Waals surface area contributed by atoms with E-state index in [0.29, 0.717) is 5.57 Å². The number of hydrogen-bond donors (Lipinski definition) is 2. The Morgan fingerprint density at radius 1 is 1.34 bits per heavy atom. The lowest BCUT2D eigenvalue weighted by atomic mass is 9.77. The van der Waals surface area contributed by atoms with Gasteiger partial charge in [-0.3, -0.25) is 4.79 Å². The number of imidazole rings is 1. The first-order valence-electron chi connectivity index (χ1n) is 11.0. The molecule has 0 unspecified atom stereocenters. The van der Waals surface area contributed by atoms with E-state index in [2.05, 4.69) is 44.8 Å². The lowest BCUT2D eigenvalue weighted by Gasteiger charge is -2.46. The van der Waals surface area contributed by atoms with Crippen LogP contribution in [0.3, 0.4) is 0 Å². The van der Waals surface area contributed by atoms with E-state index in [4.69, 9.17) is 0 Å². The van der Waals surface area contributed by atoms with Crippen molar-refractivity contribution in [2.45, 2.75) is 42.9 Å². The Kier molecular flexibility index (Phi) is 7.55. The number of carbonyl (C=O) groups excluding carboxylic acids is 1. The average Bonchev–Trinajstić information content (AvgIpc) is 3.40. The molecule has 0 radical (unpaired) electrons. The van der Waals surface area contributed by atoms with Gasteiger partial charge in [0.2, 0.25) is 15.8 Å². The summed E-state index contributed by atoms with van der Waals surface area (Å²) in [6.45, 7) is 4.28. The van der Waals surface area contributed by atoms with Crippen LogP contribution in [0.2, 0.25) is 0 Å². The number of carboxylic acids is 1. The molecule has 1 amide bonds. The molecule has 4 heterocycles. The van der Waals surface area contributed by atoms with Crippen LogP contribution in [0.1, 0.15) is 29.9 Å². The summed E-state index contributed by atoms with van der Waals surface area (Å²) >= 11 is 6.72. The van der Waals surface area contributed by atoms with Crippen LogP contribution >= 0.6 is 39.0 Å². The predicted molar refractivity (Wildman–Crippen MR) is 135 cm³/mol. The van der Waals surface area contributed by atoms with Gasteiger partial charge in [0.05, 0.1) is 22.9 Å². The summed E-state index contributed by atoms with van der Waals surface area (Å²) in [6.07, 6.45) is 5.24. The molecule has 1 aromatic carbocycles. The van der Waals surface area contributed by atoms with E-state index < -0.39 is 18.0 Å². The lowest BCUT2D eigenvalue weighted by molar-refractivity contribution is -0.508. The van der Waals surface area contributed by atoms with Gasteiger partial charge >= 0.3 is 5.97 Å². The van der Waals surface area contributed by atoms with Crippen LogP contribution in [-0.4, -0.2) is 50.0 Å². The fraction of sp³-hybridized carbons (Fsp3) is 0.375. The topological polar surface area (TPSA) is 86.9 Å². The van der Waals surface area contributed by atoms with Gasteiger partial charge in [-0.25, -0.2) is 9.36 Å². The first kappa shape index (κ1) is 26.4. The maximum atomic E-state index is 12.7. The van der Waals surface area contributed by atoms with Crippen LogP contribution < -0.4 is 21.4 Å². The number of nitrogens with zero attached hydrogens (tertiary/aromatic N) is 3. The first-order chi connectivity index (χ1) is 16.3. The second-order valence-electron chi connectivity index (χ2n) is 8.84. The van der Waals surface area contributed by atoms with Crippen molar-refractivity contribution in [2.24, 2.45) is 11.8 Å². The number of halogens is 2.